The Bertz CT molecular complexity index is 304. The molecule has 6 nitrogen and oxygen atoms in total. The zero-order chi connectivity index (χ0) is 12.7. The molecule has 0 unspecified atom stereocenters. The first-order valence-corrected chi connectivity index (χ1v) is 5.88. The van der Waals surface area contributed by atoms with Gasteiger partial charge in [-0.05, 0) is 6.42 Å². The van der Waals surface area contributed by atoms with Crippen molar-refractivity contribution in [2.45, 2.75) is 25.7 Å². The molecule has 6 heteroatoms. The van der Waals surface area contributed by atoms with Gasteiger partial charge in [-0.3, -0.25) is 14.4 Å². The standard InChI is InChI=1S/C11H19N3O3/c1-12-9(15)4-6-13-10(16)5-8-14-7-2-3-11(14)17/h2-8H2,1H3,(H,12,15)(H,13,16). The van der Waals surface area contributed by atoms with Gasteiger partial charge in [-0.25, -0.2) is 0 Å². The third-order valence-corrected chi connectivity index (χ3v) is 2.73. The summed E-state index contributed by atoms with van der Waals surface area (Å²) in [6.45, 7) is 1.57. The number of nitrogens with one attached hydrogen (secondary N) is 2. The van der Waals surface area contributed by atoms with E-state index < -0.39 is 0 Å². The van der Waals surface area contributed by atoms with Crippen LogP contribution in [0.5, 0.6) is 0 Å². The van der Waals surface area contributed by atoms with Crippen LogP contribution >= 0.6 is 0 Å². The maximum Gasteiger partial charge on any atom is 0.222 e. The van der Waals surface area contributed by atoms with Crippen molar-refractivity contribution >= 4 is 17.7 Å². The maximum atomic E-state index is 11.4. The highest BCUT2D eigenvalue weighted by atomic mass is 16.2. The van der Waals surface area contributed by atoms with Gasteiger partial charge in [0.05, 0.1) is 0 Å². The molecular formula is C11H19N3O3. The van der Waals surface area contributed by atoms with Crippen molar-refractivity contribution in [1.29, 1.82) is 0 Å². The first-order valence-electron chi connectivity index (χ1n) is 5.88. The first-order chi connectivity index (χ1) is 8.13. The lowest BCUT2D eigenvalue weighted by Gasteiger charge is -2.14. The lowest BCUT2D eigenvalue weighted by molar-refractivity contribution is -0.128. The Hall–Kier alpha value is -1.59. The molecule has 0 saturated carbocycles. The van der Waals surface area contributed by atoms with Gasteiger partial charge >= 0.3 is 0 Å². The van der Waals surface area contributed by atoms with Crippen LogP contribution < -0.4 is 10.6 Å². The summed E-state index contributed by atoms with van der Waals surface area (Å²) < 4.78 is 0. The molecule has 0 radical (unpaired) electrons. The minimum Gasteiger partial charge on any atom is -0.359 e. The number of amides is 3. The summed E-state index contributed by atoms with van der Waals surface area (Å²) >= 11 is 0. The van der Waals surface area contributed by atoms with Gasteiger partial charge in [-0.15, -0.1) is 0 Å². The molecule has 0 aromatic rings. The molecule has 96 valence electrons. The first kappa shape index (κ1) is 13.5. The van der Waals surface area contributed by atoms with Crippen molar-refractivity contribution in [3.05, 3.63) is 0 Å². The summed E-state index contributed by atoms with van der Waals surface area (Å²) in [5.41, 5.74) is 0. The minimum atomic E-state index is -0.117. The molecule has 1 heterocycles. The third kappa shape index (κ3) is 4.84. The lowest BCUT2D eigenvalue weighted by Crippen LogP contribution is -2.33. The zero-order valence-corrected chi connectivity index (χ0v) is 10.1. The third-order valence-electron chi connectivity index (χ3n) is 2.73. The van der Waals surface area contributed by atoms with Gasteiger partial charge < -0.3 is 15.5 Å². The fourth-order valence-electron chi connectivity index (χ4n) is 1.71. The lowest BCUT2D eigenvalue weighted by atomic mass is 10.3. The van der Waals surface area contributed by atoms with Crippen molar-refractivity contribution in [3.8, 4) is 0 Å². The molecule has 1 saturated heterocycles. The second-order valence-corrected chi connectivity index (χ2v) is 4.01. The van der Waals surface area contributed by atoms with Crippen LogP contribution in [0.15, 0.2) is 0 Å². The molecule has 1 aliphatic rings. The molecule has 0 spiro atoms. The number of hydrogen-bond donors (Lipinski definition) is 2. The number of likely N-dealkylation sites (tertiary alicyclic amines) is 1. The normalized spacial score (nSPS) is 14.9. The van der Waals surface area contributed by atoms with Crippen molar-refractivity contribution < 1.29 is 14.4 Å². The van der Waals surface area contributed by atoms with E-state index in [2.05, 4.69) is 10.6 Å². The van der Waals surface area contributed by atoms with Gasteiger partial charge in [0.2, 0.25) is 17.7 Å². The number of carbonyl (C=O) groups excluding carboxylic acids is 3. The van der Waals surface area contributed by atoms with Gasteiger partial charge in [0, 0.05) is 45.9 Å². The van der Waals surface area contributed by atoms with Crippen LogP contribution in [0.2, 0.25) is 0 Å². The number of rotatable bonds is 6. The van der Waals surface area contributed by atoms with E-state index in [0.717, 1.165) is 13.0 Å². The quantitative estimate of drug-likeness (QED) is 0.642. The van der Waals surface area contributed by atoms with Crippen molar-refractivity contribution in [3.63, 3.8) is 0 Å². The van der Waals surface area contributed by atoms with Crippen LogP contribution in [0.3, 0.4) is 0 Å². The van der Waals surface area contributed by atoms with E-state index in [1.54, 1.807) is 11.9 Å². The number of nitrogens with zero attached hydrogens (tertiary/aromatic N) is 1. The molecule has 0 atom stereocenters. The van der Waals surface area contributed by atoms with Gasteiger partial charge in [0.1, 0.15) is 0 Å². The Morgan fingerprint density at radius 2 is 2.06 bits per heavy atom. The van der Waals surface area contributed by atoms with E-state index in [1.165, 1.54) is 0 Å². The number of hydrogen-bond acceptors (Lipinski definition) is 3. The van der Waals surface area contributed by atoms with Crippen molar-refractivity contribution in [2.24, 2.45) is 0 Å². The monoisotopic (exact) mass is 241 g/mol. The average molecular weight is 241 g/mol. The van der Waals surface area contributed by atoms with E-state index in [1.807, 2.05) is 0 Å². The van der Waals surface area contributed by atoms with Crippen LogP contribution in [0.1, 0.15) is 25.7 Å². The van der Waals surface area contributed by atoms with E-state index in [0.29, 0.717) is 25.9 Å². The average Bonchev–Trinajstić information content (AvgIpc) is 2.72. The fourth-order valence-corrected chi connectivity index (χ4v) is 1.71. The van der Waals surface area contributed by atoms with Gasteiger partial charge in [0.25, 0.3) is 0 Å². The molecule has 1 fully saturated rings. The molecule has 1 aliphatic heterocycles. The van der Waals surface area contributed by atoms with E-state index in [-0.39, 0.29) is 24.1 Å². The largest absolute Gasteiger partial charge is 0.359 e. The fraction of sp³-hybridized carbons (Fsp3) is 0.727. The van der Waals surface area contributed by atoms with E-state index in [9.17, 15) is 14.4 Å². The Kier molecular flexibility index (Phi) is 5.45. The maximum absolute atomic E-state index is 11.4. The topological polar surface area (TPSA) is 78.5 Å². The summed E-state index contributed by atoms with van der Waals surface area (Å²) in [5, 5.41) is 5.13. The summed E-state index contributed by atoms with van der Waals surface area (Å²) in [7, 11) is 1.56. The Labute approximate surface area is 101 Å². The molecule has 0 bridgehead atoms. The van der Waals surface area contributed by atoms with Crippen LogP contribution in [0.25, 0.3) is 0 Å². The smallest absolute Gasteiger partial charge is 0.222 e. The predicted molar refractivity (Wildman–Crippen MR) is 62.1 cm³/mol. The zero-order valence-electron chi connectivity index (χ0n) is 10.1. The Balaban J connectivity index is 2.09. The van der Waals surface area contributed by atoms with E-state index >= 15 is 0 Å². The summed E-state index contributed by atoms with van der Waals surface area (Å²) in [5.74, 6) is -0.0863. The van der Waals surface area contributed by atoms with Gasteiger partial charge in [-0.2, -0.15) is 0 Å². The summed E-state index contributed by atoms with van der Waals surface area (Å²) in [6, 6.07) is 0. The molecule has 0 aromatic heterocycles. The molecule has 17 heavy (non-hydrogen) atoms. The molecule has 0 aliphatic carbocycles. The highest BCUT2D eigenvalue weighted by Crippen LogP contribution is 2.09. The summed E-state index contributed by atoms with van der Waals surface area (Å²) in [6.07, 6.45) is 2.07. The SMILES string of the molecule is CNC(=O)CCNC(=O)CCN1CCCC1=O. The predicted octanol–water partition coefficient (Wildman–Crippen LogP) is -0.749. The Morgan fingerprint density at radius 1 is 1.29 bits per heavy atom. The Morgan fingerprint density at radius 3 is 2.65 bits per heavy atom. The van der Waals surface area contributed by atoms with E-state index in [4.69, 9.17) is 0 Å². The molecule has 2 N–H and O–H groups in total. The van der Waals surface area contributed by atoms with Crippen LogP contribution in [-0.4, -0.2) is 49.3 Å². The second kappa shape index (κ2) is 6.88. The van der Waals surface area contributed by atoms with Crippen molar-refractivity contribution in [2.75, 3.05) is 26.7 Å². The molecule has 3 amide bonds. The number of carbonyl (C=O) groups is 3. The van der Waals surface area contributed by atoms with Crippen LogP contribution in [0.4, 0.5) is 0 Å². The van der Waals surface area contributed by atoms with Gasteiger partial charge in [-0.1, -0.05) is 0 Å². The molecule has 0 aromatic carbocycles. The summed E-state index contributed by atoms with van der Waals surface area (Å²) in [4.78, 5) is 35.3. The minimum absolute atomic E-state index is 0.0972. The molecular weight excluding hydrogens is 222 g/mol. The molecule has 1 rings (SSSR count). The second-order valence-electron chi connectivity index (χ2n) is 4.01. The van der Waals surface area contributed by atoms with Crippen LogP contribution in [0, 0.1) is 0 Å². The highest BCUT2D eigenvalue weighted by Gasteiger charge is 2.20. The highest BCUT2D eigenvalue weighted by molar-refractivity contribution is 5.81. The van der Waals surface area contributed by atoms with Gasteiger partial charge in [0.15, 0.2) is 0 Å². The van der Waals surface area contributed by atoms with Crippen molar-refractivity contribution in [1.82, 2.24) is 15.5 Å². The van der Waals surface area contributed by atoms with Crippen LogP contribution in [-0.2, 0) is 14.4 Å².